The minimum absolute atomic E-state index is 0.00488. The minimum atomic E-state index is -0.848. The summed E-state index contributed by atoms with van der Waals surface area (Å²) in [5.41, 5.74) is 0. The van der Waals surface area contributed by atoms with Crippen molar-refractivity contribution < 1.29 is 24.5 Å². The van der Waals surface area contributed by atoms with Gasteiger partial charge in [-0.2, -0.15) is 0 Å². The Labute approximate surface area is 412 Å². The summed E-state index contributed by atoms with van der Waals surface area (Å²) in [6.45, 7) is 4.91. The second-order valence-corrected chi connectivity index (χ2v) is 20.7. The molecule has 66 heavy (non-hydrogen) atoms. The molecule has 0 saturated heterocycles. The number of aliphatic hydroxyl groups excluding tert-OH is 2. The van der Waals surface area contributed by atoms with E-state index in [1.54, 1.807) is 6.08 Å². The van der Waals surface area contributed by atoms with Crippen molar-refractivity contribution in [1.29, 1.82) is 0 Å². The third-order valence-corrected chi connectivity index (χ3v) is 14.1. The summed E-state index contributed by atoms with van der Waals surface area (Å²) in [6.07, 6.45) is 66.7. The number of hydrogen-bond donors (Lipinski definition) is 3. The molecule has 0 aromatic rings. The Bertz CT molecular complexity index is 986. The maximum absolute atomic E-state index is 12.5. The van der Waals surface area contributed by atoms with E-state index in [9.17, 15) is 19.8 Å². The maximum atomic E-state index is 12.5. The predicted octanol–water partition coefficient (Wildman–Crippen LogP) is 18.5. The standard InChI is InChI=1S/C60H117NO5/c1-3-5-7-9-11-13-15-16-17-18-19-20-21-23-26-29-33-36-40-44-48-52-58(63)57(56-62)61-59(64)53-49-45-41-37-34-30-27-24-22-25-28-31-35-39-43-47-51-55-66-60(65)54-50-46-42-38-32-14-12-10-8-6-4-2/h48,52,57-58,62-63H,3-47,49-51,53-56H2,1-2H3,(H,61,64)/b52-48+. The van der Waals surface area contributed by atoms with E-state index in [0.29, 0.717) is 19.4 Å². The molecule has 6 heteroatoms. The van der Waals surface area contributed by atoms with Crippen molar-refractivity contribution in [3.05, 3.63) is 12.2 Å². The number of allylic oxidation sites excluding steroid dienone is 1. The summed E-state index contributed by atoms with van der Waals surface area (Å²) >= 11 is 0. The number of carbonyl (C=O) groups is 2. The molecule has 392 valence electrons. The van der Waals surface area contributed by atoms with E-state index >= 15 is 0 Å². The first kappa shape index (κ1) is 64.6. The van der Waals surface area contributed by atoms with Gasteiger partial charge in [0.1, 0.15) is 0 Å². The highest BCUT2D eigenvalue weighted by molar-refractivity contribution is 5.76. The number of aliphatic hydroxyl groups is 2. The molecule has 2 atom stereocenters. The van der Waals surface area contributed by atoms with E-state index in [1.165, 1.54) is 263 Å². The number of amides is 1. The maximum Gasteiger partial charge on any atom is 0.305 e. The van der Waals surface area contributed by atoms with Crippen LogP contribution in [-0.4, -0.2) is 47.4 Å². The van der Waals surface area contributed by atoms with Gasteiger partial charge in [-0.15, -0.1) is 0 Å². The zero-order chi connectivity index (χ0) is 47.9. The molecule has 3 N–H and O–H groups in total. The molecule has 0 aromatic carbocycles. The van der Waals surface area contributed by atoms with Gasteiger partial charge in [-0.25, -0.2) is 0 Å². The molecule has 0 radical (unpaired) electrons. The van der Waals surface area contributed by atoms with Crippen LogP contribution in [0.5, 0.6) is 0 Å². The molecule has 0 aromatic heterocycles. The molecule has 2 unspecified atom stereocenters. The van der Waals surface area contributed by atoms with Gasteiger partial charge in [0.2, 0.25) is 5.91 Å². The number of carbonyl (C=O) groups excluding carboxylic acids is 2. The molecule has 0 spiro atoms. The van der Waals surface area contributed by atoms with E-state index in [0.717, 1.165) is 44.9 Å². The van der Waals surface area contributed by atoms with Crippen LogP contribution in [0.1, 0.15) is 335 Å². The first-order valence-electron chi connectivity index (χ1n) is 30.0. The number of rotatable bonds is 56. The van der Waals surface area contributed by atoms with Crippen LogP contribution in [0.25, 0.3) is 0 Å². The molecule has 0 heterocycles. The van der Waals surface area contributed by atoms with Gasteiger partial charge in [0, 0.05) is 12.8 Å². The lowest BCUT2D eigenvalue weighted by atomic mass is 10.0. The predicted molar refractivity (Wildman–Crippen MR) is 287 cm³/mol. The van der Waals surface area contributed by atoms with E-state index in [4.69, 9.17) is 4.74 Å². The third kappa shape index (κ3) is 52.0. The molecule has 0 fully saturated rings. The number of hydrogen-bond acceptors (Lipinski definition) is 5. The van der Waals surface area contributed by atoms with Crippen LogP contribution in [0.3, 0.4) is 0 Å². The van der Waals surface area contributed by atoms with E-state index in [1.807, 2.05) is 6.08 Å². The van der Waals surface area contributed by atoms with Gasteiger partial charge in [0.25, 0.3) is 0 Å². The minimum Gasteiger partial charge on any atom is -0.466 e. The molecule has 0 rings (SSSR count). The van der Waals surface area contributed by atoms with Crippen molar-refractivity contribution in [2.24, 2.45) is 0 Å². The fraction of sp³-hybridized carbons (Fsp3) is 0.933. The SMILES string of the molecule is CCCCCCCCCCCCCCCCCCCCC/C=C/C(O)C(CO)NC(=O)CCCCCCCCCCCCCCCCCCCOC(=O)CCCCCCCCCCCCC. The zero-order valence-electron chi connectivity index (χ0n) is 44.7. The first-order valence-corrected chi connectivity index (χ1v) is 30.0. The number of esters is 1. The lowest BCUT2D eigenvalue weighted by molar-refractivity contribution is -0.143. The van der Waals surface area contributed by atoms with Gasteiger partial charge in [-0.1, -0.05) is 302 Å². The topological polar surface area (TPSA) is 95.9 Å². The van der Waals surface area contributed by atoms with Crippen LogP contribution < -0.4 is 5.32 Å². The fourth-order valence-corrected chi connectivity index (χ4v) is 9.46. The van der Waals surface area contributed by atoms with Crippen molar-refractivity contribution in [2.45, 2.75) is 347 Å². The highest BCUT2D eigenvalue weighted by Gasteiger charge is 2.18. The zero-order valence-corrected chi connectivity index (χ0v) is 44.7. The average molecular weight is 933 g/mol. The highest BCUT2D eigenvalue weighted by atomic mass is 16.5. The van der Waals surface area contributed by atoms with Gasteiger partial charge < -0.3 is 20.3 Å². The monoisotopic (exact) mass is 932 g/mol. The second kappa shape index (κ2) is 56.2. The van der Waals surface area contributed by atoms with Gasteiger partial charge >= 0.3 is 5.97 Å². The smallest absolute Gasteiger partial charge is 0.305 e. The summed E-state index contributed by atoms with van der Waals surface area (Å²) in [4.78, 5) is 24.5. The summed E-state index contributed by atoms with van der Waals surface area (Å²) < 4.78 is 5.46. The van der Waals surface area contributed by atoms with Crippen molar-refractivity contribution in [2.75, 3.05) is 13.2 Å². The number of unbranched alkanes of at least 4 members (excludes halogenated alkanes) is 45. The molecule has 0 bridgehead atoms. The van der Waals surface area contributed by atoms with Crippen LogP contribution in [0.4, 0.5) is 0 Å². The van der Waals surface area contributed by atoms with Gasteiger partial charge in [0.15, 0.2) is 0 Å². The Morgan fingerprint density at radius 2 is 0.697 bits per heavy atom. The van der Waals surface area contributed by atoms with Crippen molar-refractivity contribution in [3.63, 3.8) is 0 Å². The number of nitrogens with one attached hydrogen (secondary N) is 1. The van der Waals surface area contributed by atoms with Gasteiger partial charge in [-0.3, -0.25) is 9.59 Å². The normalized spacial score (nSPS) is 12.6. The molecule has 0 aliphatic rings. The lowest BCUT2D eigenvalue weighted by Gasteiger charge is -2.20. The molecular formula is C60H117NO5. The molecule has 6 nitrogen and oxygen atoms in total. The first-order chi connectivity index (χ1) is 32.5. The molecule has 0 aliphatic carbocycles. The molecule has 0 aliphatic heterocycles. The number of ether oxygens (including phenoxy) is 1. The summed E-state index contributed by atoms with van der Waals surface area (Å²) in [6, 6.07) is -0.631. The Hall–Kier alpha value is -1.40. The van der Waals surface area contributed by atoms with Crippen LogP contribution >= 0.6 is 0 Å². The largest absolute Gasteiger partial charge is 0.466 e. The average Bonchev–Trinajstić information content (AvgIpc) is 3.32. The Morgan fingerprint density at radius 3 is 1.03 bits per heavy atom. The van der Waals surface area contributed by atoms with Crippen LogP contribution in [-0.2, 0) is 14.3 Å². The van der Waals surface area contributed by atoms with Gasteiger partial charge in [-0.05, 0) is 32.1 Å². The quantitative estimate of drug-likeness (QED) is 0.0321. The molecule has 1 amide bonds. The van der Waals surface area contributed by atoms with Crippen molar-refractivity contribution in [1.82, 2.24) is 5.32 Å². The van der Waals surface area contributed by atoms with Crippen LogP contribution in [0.15, 0.2) is 12.2 Å². The van der Waals surface area contributed by atoms with E-state index < -0.39 is 12.1 Å². The second-order valence-electron chi connectivity index (χ2n) is 20.7. The fourth-order valence-electron chi connectivity index (χ4n) is 9.46. The van der Waals surface area contributed by atoms with E-state index in [2.05, 4.69) is 19.2 Å². The Balaban J connectivity index is 3.45. The molecule has 0 saturated carbocycles. The summed E-state index contributed by atoms with van der Waals surface area (Å²) in [5.74, 6) is -0.0648. The van der Waals surface area contributed by atoms with Crippen LogP contribution in [0, 0.1) is 0 Å². The van der Waals surface area contributed by atoms with Crippen molar-refractivity contribution >= 4 is 11.9 Å². The lowest BCUT2D eigenvalue weighted by Crippen LogP contribution is -2.45. The van der Waals surface area contributed by atoms with E-state index in [-0.39, 0.29) is 18.5 Å². The Morgan fingerprint density at radius 1 is 0.409 bits per heavy atom. The highest BCUT2D eigenvalue weighted by Crippen LogP contribution is 2.18. The van der Waals surface area contributed by atoms with Crippen molar-refractivity contribution in [3.8, 4) is 0 Å². The molecular weight excluding hydrogens is 815 g/mol. The van der Waals surface area contributed by atoms with Crippen LogP contribution in [0.2, 0.25) is 0 Å². The third-order valence-electron chi connectivity index (χ3n) is 14.1. The summed E-state index contributed by atoms with van der Waals surface area (Å²) in [5, 5.41) is 23.2. The Kier molecular flexibility index (Phi) is 55.0. The van der Waals surface area contributed by atoms with Gasteiger partial charge in [0.05, 0.1) is 25.4 Å². The summed E-state index contributed by atoms with van der Waals surface area (Å²) in [7, 11) is 0.